The monoisotopic (exact) mass is 327 g/mol. The highest BCUT2D eigenvalue weighted by Gasteiger charge is 2.21. The standard InChI is InChI=1S/C17H21N5O2/c1-2-19-16(23)12-5-3-4-11(8-12)9-20-17(24)15-13-10-18-7-6-14(13)21-22-15/h3-5,8,18H,2,6-7,9-10H2,1H3,(H,19,23)(H,20,24)(H,21,22). The molecule has 0 saturated carbocycles. The summed E-state index contributed by atoms with van der Waals surface area (Å²) < 4.78 is 0. The van der Waals surface area contributed by atoms with Crippen molar-refractivity contribution in [1.29, 1.82) is 0 Å². The van der Waals surface area contributed by atoms with E-state index in [9.17, 15) is 9.59 Å². The predicted molar refractivity (Wildman–Crippen MR) is 89.6 cm³/mol. The Kier molecular flexibility index (Phi) is 4.90. The first-order valence-corrected chi connectivity index (χ1v) is 8.11. The van der Waals surface area contributed by atoms with Crippen LogP contribution in [0.3, 0.4) is 0 Å². The molecule has 1 aromatic heterocycles. The molecule has 0 aliphatic carbocycles. The van der Waals surface area contributed by atoms with E-state index in [0.717, 1.165) is 29.8 Å². The van der Waals surface area contributed by atoms with E-state index in [1.54, 1.807) is 12.1 Å². The molecule has 4 N–H and O–H groups in total. The van der Waals surface area contributed by atoms with Gasteiger partial charge in [0.15, 0.2) is 5.69 Å². The number of nitrogens with one attached hydrogen (secondary N) is 4. The highest BCUT2D eigenvalue weighted by molar-refractivity contribution is 5.95. The Morgan fingerprint density at radius 1 is 1.25 bits per heavy atom. The fraction of sp³-hybridized carbons (Fsp3) is 0.353. The molecule has 2 aromatic rings. The summed E-state index contributed by atoms with van der Waals surface area (Å²) in [5.41, 5.74) is 3.86. The largest absolute Gasteiger partial charge is 0.352 e. The fourth-order valence-corrected chi connectivity index (χ4v) is 2.76. The molecule has 2 amide bonds. The number of carbonyl (C=O) groups excluding carboxylic acids is 2. The molecule has 126 valence electrons. The minimum Gasteiger partial charge on any atom is -0.352 e. The molecular weight excluding hydrogens is 306 g/mol. The zero-order valence-corrected chi connectivity index (χ0v) is 13.6. The van der Waals surface area contributed by atoms with Gasteiger partial charge in [-0.15, -0.1) is 0 Å². The maximum atomic E-state index is 12.4. The van der Waals surface area contributed by atoms with E-state index in [-0.39, 0.29) is 11.8 Å². The number of rotatable bonds is 5. The SMILES string of the molecule is CCNC(=O)c1cccc(CNC(=O)c2n[nH]c3c2CNCC3)c1. The van der Waals surface area contributed by atoms with Crippen molar-refractivity contribution in [3.05, 3.63) is 52.3 Å². The van der Waals surface area contributed by atoms with Crippen LogP contribution >= 0.6 is 0 Å². The second-order valence-corrected chi connectivity index (χ2v) is 5.70. The van der Waals surface area contributed by atoms with Crippen molar-refractivity contribution in [3.63, 3.8) is 0 Å². The average molecular weight is 327 g/mol. The number of nitrogens with zero attached hydrogens (tertiary/aromatic N) is 1. The molecule has 0 fully saturated rings. The summed E-state index contributed by atoms with van der Waals surface area (Å²) in [4.78, 5) is 24.2. The first-order valence-electron chi connectivity index (χ1n) is 8.11. The van der Waals surface area contributed by atoms with Gasteiger partial charge in [-0.25, -0.2) is 0 Å². The van der Waals surface area contributed by atoms with E-state index >= 15 is 0 Å². The van der Waals surface area contributed by atoms with Crippen molar-refractivity contribution in [1.82, 2.24) is 26.1 Å². The van der Waals surface area contributed by atoms with Gasteiger partial charge >= 0.3 is 0 Å². The Morgan fingerprint density at radius 3 is 2.96 bits per heavy atom. The van der Waals surface area contributed by atoms with Crippen molar-refractivity contribution in [3.8, 4) is 0 Å². The number of carbonyl (C=O) groups is 2. The lowest BCUT2D eigenvalue weighted by Gasteiger charge is -2.13. The molecular formula is C17H21N5O2. The summed E-state index contributed by atoms with van der Waals surface area (Å²) in [7, 11) is 0. The maximum Gasteiger partial charge on any atom is 0.272 e. The highest BCUT2D eigenvalue weighted by Crippen LogP contribution is 2.15. The molecule has 24 heavy (non-hydrogen) atoms. The van der Waals surface area contributed by atoms with Crippen LogP contribution in [0.2, 0.25) is 0 Å². The Bertz CT molecular complexity index is 753. The molecule has 7 heteroatoms. The number of H-pyrrole nitrogens is 1. The van der Waals surface area contributed by atoms with Gasteiger partial charge in [0.05, 0.1) is 0 Å². The zero-order chi connectivity index (χ0) is 16.9. The summed E-state index contributed by atoms with van der Waals surface area (Å²) in [6.45, 7) is 4.35. The normalized spacial score (nSPS) is 13.2. The van der Waals surface area contributed by atoms with E-state index in [1.807, 2.05) is 19.1 Å². The van der Waals surface area contributed by atoms with Gasteiger partial charge in [-0.3, -0.25) is 14.7 Å². The van der Waals surface area contributed by atoms with Crippen LogP contribution in [0.25, 0.3) is 0 Å². The van der Waals surface area contributed by atoms with Crippen LogP contribution in [0.5, 0.6) is 0 Å². The van der Waals surface area contributed by atoms with Gasteiger partial charge in [-0.05, 0) is 24.6 Å². The molecule has 0 saturated heterocycles. The third-order valence-corrected chi connectivity index (χ3v) is 4.00. The molecule has 7 nitrogen and oxygen atoms in total. The van der Waals surface area contributed by atoms with Gasteiger partial charge in [-0.1, -0.05) is 12.1 Å². The summed E-state index contributed by atoms with van der Waals surface area (Å²) in [5, 5.41) is 16.0. The van der Waals surface area contributed by atoms with E-state index in [0.29, 0.717) is 30.9 Å². The third kappa shape index (κ3) is 3.46. The first kappa shape index (κ1) is 16.2. The predicted octanol–water partition coefficient (Wildman–Crippen LogP) is 0.735. The van der Waals surface area contributed by atoms with Gasteiger partial charge in [0.25, 0.3) is 11.8 Å². The molecule has 0 spiro atoms. The summed E-state index contributed by atoms with van der Waals surface area (Å²) in [5.74, 6) is -0.322. The van der Waals surface area contributed by atoms with Crippen LogP contribution in [0.1, 0.15) is 44.6 Å². The number of benzene rings is 1. The Labute approximate surface area is 140 Å². The van der Waals surface area contributed by atoms with Gasteiger partial charge < -0.3 is 16.0 Å². The Balaban J connectivity index is 1.65. The van der Waals surface area contributed by atoms with Crippen molar-refractivity contribution in [2.45, 2.75) is 26.4 Å². The van der Waals surface area contributed by atoms with Gasteiger partial charge in [0, 0.05) is 49.4 Å². The van der Waals surface area contributed by atoms with Crippen molar-refractivity contribution in [2.24, 2.45) is 0 Å². The number of amides is 2. The molecule has 0 bridgehead atoms. The van der Waals surface area contributed by atoms with Crippen LogP contribution in [0.15, 0.2) is 24.3 Å². The maximum absolute atomic E-state index is 12.4. The fourth-order valence-electron chi connectivity index (χ4n) is 2.76. The molecule has 1 aliphatic heterocycles. The quantitative estimate of drug-likeness (QED) is 0.651. The molecule has 0 atom stereocenters. The topological polar surface area (TPSA) is 98.9 Å². The number of hydrogen-bond donors (Lipinski definition) is 4. The molecule has 1 aromatic carbocycles. The summed E-state index contributed by atoms with van der Waals surface area (Å²) in [6.07, 6.45) is 0.851. The Morgan fingerprint density at radius 2 is 2.12 bits per heavy atom. The average Bonchev–Trinajstić information content (AvgIpc) is 3.04. The second kappa shape index (κ2) is 7.27. The van der Waals surface area contributed by atoms with Gasteiger partial charge in [-0.2, -0.15) is 5.10 Å². The smallest absolute Gasteiger partial charge is 0.272 e. The minimum absolute atomic E-state index is 0.113. The number of hydrogen-bond acceptors (Lipinski definition) is 4. The first-order chi connectivity index (χ1) is 11.7. The van der Waals surface area contributed by atoms with Crippen LogP contribution < -0.4 is 16.0 Å². The van der Waals surface area contributed by atoms with Crippen LogP contribution in [0.4, 0.5) is 0 Å². The lowest BCUT2D eigenvalue weighted by molar-refractivity contribution is 0.0942. The van der Waals surface area contributed by atoms with Crippen molar-refractivity contribution in [2.75, 3.05) is 13.1 Å². The van der Waals surface area contributed by atoms with Crippen molar-refractivity contribution < 1.29 is 9.59 Å². The number of aromatic amines is 1. The summed E-state index contributed by atoms with van der Waals surface area (Å²) in [6, 6.07) is 7.23. The van der Waals surface area contributed by atoms with Crippen LogP contribution in [0, 0.1) is 0 Å². The van der Waals surface area contributed by atoms with Gasteiger partial charge in [0.2, 0.25) is 0 Å². The zero-order valence-electron chi connectivity index (χ0n) is 13.6. The van der Waals surface area contributed by atoms with E-state index in [4.69, 9.17) is 0 Å². The van der Waals surface area contributed by atoms with Crippen molar-refractivity contribution >= 4 is 11.8 Å². The Hall–Kier alpha value is -2.67. The van der Waals surface area contributed by atoms with Crippen LogP contribution in [-0.4, -0.2) is 35.1 Å². The molecule has 3 rings (SSSR count). The second-order valence-electron chi connectivity index (χ2n) is 5.70. The molecule has 1 aliphatic rings. The van der Waals surface area contributed by atoms with E-state index < -0.39 is 0 Å². The highest BCUT2D eigenvalue weighted by atomic mass is 16.2. The lowest BCUT2D eigenvalue weighted by Crippen LogP contribution is -2.28. The van der Waals surface area contributed by atoms with Crippen LogP contribution in [-0.2, 0) is 19.5 Å². The number of aromatic nitrogens is 2. The third-order valence-electron chi connectivity index (χ3n) is 4.00. The molecule has 2 heterocycles. The van der Waals surface area contributed by atoms with E-state index in [2.05, 4.69) is 26.1 Å². The van der Waals surface area contributed by atoms with E-state index in [1.165, 1.54) is 0 Å². The summed E-state index contributed by atoms with van der Waals surface area (Å²) >= 11 is 0. The lowest BCUT2D eigenvalue weighted by atomic mass is 10.1. The van der Waals surface area contributed by atoms with Gasteiger partial charge in [0.1, 0.15) is 0 Å². The molecule has 0 unspecified atom stereocenters. The minimum atomic E-state index is -0.209. The molecule has 0 radical (unpaired) electrons. The number of fused-ring (bicyclic) bond motifs is 1.